The van der Waals surface area contributed by atoms with Crippen LogP contribution in [0.15, 0.2) is 30.3 Å². The summed E-state index contributed by atoms with van der Waals surface area (Å²) in [6.07, 6.45) is -4.70. The summed E-state index contributed by atoms with van der Waals surface area (Å²) in [5.74, 6) is -2.27. The van der Waals surface area contributed by atoms with Crippen molar-refractivity contribution in [1.29, 1.82) is 0 Å². The van der Waals surface area contributed by atoms with Gasteiger partial charge in [0.15, 0.2) is 11.5 Å². The molecule has 1 aliphatic carbocycles. The van der Waals surface area contributed by atoms with Crippen LogP contribution in [0.1, 0.15) is 37.8 Å². The number of aliphatic hydroxyl groups excluding tert-OH is 3. The number of nitrogens with one attached hydrogen (secondary N) is 2. The van der Waals surface area contributed by atoms with Gasteiger partial charge in [0.1, 0.15) is 18.3 Å². The molecule has 0 saturated heterocycles. The maximum absolute atomic E-state index is 13.1. The van der Waals surface area contributed by atoms with Gasteiger partial charge in [-0.15, -0.1) is 0 Å². The van der Waals surface area contributed by atoms with Crippen LogP contribution in [-0.4, -0.2) is 88.4 Å². The number of rotatable bonds is 4. The molecule has 3 unspecified atom stereocenters. The van der Waals surface area contributed by atoms with Crippen LogP contribution in [0.5, 0.6) is 17.2 Å². The van der Waals surface area contributed by atoms with Crippen LogP contribution in [0.3, 0.4) is 0 Å². The molecule has 6 N–H and O–H groups in total. The molecule has 2 amide bonds. The largest absolute Gasteiger partial charge is 0.504 e. The van der Waals surface area contributed by atoms with Crippen molar-refractivity contribution in [3.8, 4) is 17.2 Å². The monoisotopic (exact) mass is 485 g/mol. The molecule has 1 saturated carbocycles. The van der Waals surface area contributed by atoms with Crippen LogP contribution in [0.2, 0.25) is 0 Å². The van der Waals surface area contributed by atoms with Crippen molar-refractivity contribution in [1.82, 2.24) is 15.5 Å². The Hall–Kier alpha value is -3.38. The molecule has 1 fully saturated rings. The summed E-state index contributed by atoms with van der Waals surface area (Å²) in [6, 6.07) is 6.32. The second-order valence-electron chi connectivity index (χ2n) is 9.35. The first kappa shape index (κ1) is 23.4. The van der Waals surface area contributed by atoms with Gasteiger partial charge in [-0.3, -0.25) is 9.59 Å². The van der Waals surface area contributed by atoms with E-state index in [9.17, 15) is 30.0 Å². The molecular formula is C24H27N3O8. The number of amides is 2. The predicted molar refractivity (Wildman–Crippen MR) is 121 cm³/mol. The second kappa shape index (κ2) is 8.68. The molecule has 6 atom stereocenters. The van der Waals surface area contributed by atoms with Gasteiger partial charge < -0.3 is 45.4 Å². The molecule has 2 heterocycles. The van der Waals surface area contributed by atoms with Crippen LogP contribution >= 0.6 is 0 Å². The topological polar surface area (TPSA) is 161 Å². The van der Waals surface area contributed by atoms with Gasteiger partial charge in [0.2, 0.25) is 12.5 Å². The van der Waals surface area contributed by atoms with Gasteiger partial charge in [-0.2, -0.15) is 0 Å². The van der Waals surface area contributed by atoms with Gasteiger partial charge >= 0.3 is 0 Å². The third-order valence-electron chi connectivity index (χ3n) is 6.77. The molecule has 186 valence electrons. The number of fused-ring (bicyclic) bond motifs is 4. The molecule has 3 aliphatic rings. The lowest BCUT2D eigenvalue weighted by Gasteiger charge is -2.49. The highest BCUT2D eigenvalue weighted by Crippen LogP contribution is 2.50. The molecule has 11 nitrogen and oxygen atoms in total. The number of benzene rings is 2. The Kier molecular flexibility index (Phi) is 5.80. The van der Waals surface area contributed by atoms with E-state index >= 15 is 0 Å². The van der Waals surface area contributed by atoms with Crippen molar-refractivity contribution in [3.05, 3.63) is 52.6 Å². The standard InChI is InChI=1S/C24H27N3O8/c1-27(2)8-10-3-5-11(6-4-10)23(32)25-16-14-12-7-13-22(35-9-34-13)18(28)15(12)24(33)26-17(14)20(30)21(31)19(16)29/h3-7,14,16-17,19-21,28-31H,8-9H2,1-2H3,(H,25,32)(H,26,33)/t14?,16-,17-,19+,20?,21?/m1/s1. The number of hydrogen-bond acceptors (Lipinski definition) is 9. The van der Waals surface area contributed by atoms with Crippen LogP contribution in [0.4, 0.5) is 0 Å². The molecular weight excluding hydrogens is 458 g/mol. The highest BCUT2D eigenvalue weighted by molar-refractivity contribution is 6.02. The molecule has 2 aliphatic heterocycles. The zero-order chi connectivity index (χ0) is 25.0. The van der Waals surface area contributed by atoms with Crippen molar-refractivity contribution < 1.29 is 39.5 Å². The van der Waals surface area contributed by atoms with Gasteiger partial charge in [-0.1, -0.05) is 12.1 Å². The molecule has 35 heavy (non-hydrogen) atoms. The van der Waals surface area contributed by atoms with E-state index in [1.54, 1.807) is 12.1 Å². The van der Waals surface area contributed by atoms with E-state index < -0.39 is 53.9 Å². The molecule has 0 spiro atoms. The molecule has 2 aromatic rings. The SMILES string of the molecule is CN(C)Cc1ccc(C(=O)N[C@@H]2C3c4cc5c(c(O)c4C(=O)N[C@H]3C(O)C(O)[C@H]2O)OCO5)cc1. The first-order valence-electron chi connectivity index (χ1n) is 11.2. The number of nitrogens with zero attached hydrogens (tertiary/aromatic N) is 1. The quantitative estimate of drug-likeness (QED) is 0.328. The first-order valence-corrected chi connectivity index (χ1v) is 11.2. The van der Waals surface area contributed by atoms with Crippen molar-refractivity contribution >= 4 is 11.8 Å². The number of aromatic hydroxyl groups is 1. The lowest BCUT2D eigenvalue weighted by Crippen LogP contribution is -2.69. The average Bonchev–Trinajstić information content (AvgIpc) is 3.29. The van der Waals surface area contributed by atoms with Crippen molar-refractivity contribution in [2.45, 2.75) is 42.9 Å². The minimum Gasteiger partial charge on any atom is -0.504 e. The molecule has 0 aromatic heterocycles. The fraction of sp³-hybridized carbons (Fsp3) is 0.417. The number of carbonyl (C=O) groups is 2. The summed E-state index contributed by atoms with van der Waals surface area (Å²) >= 11 is 0. The Morgan fingerprint density at radius 2 is 1.83 bits per heavy atom. The van der Waals surface area contributed by atoms with Crippen LogP contribution in [0, 0.1) is 0 Å². The smallest absolute Gasteiger partial charge is 0.255 e. The summed E-state index contributed by atoms with van der Waals surface area (Å²) in [7, 11) is 3.87. The average molecular weight is 485 g/mol. The van der Waals surface area contributed by atoms with Crippen LogP contribution in [0.25, 0.3) is 0 Å². The van der Waals surface area contributed by atoms with Crippen molar-refractivity contribution in [3.63, 3.8) is 0 Å². The fourth-order valence-electron chi connectivity index (χ4n) is 5.14. The van der Waals surface area contributed by atoms with Gasteiger partial charge in [-0.05, 0) is 43.4 Å². The van der Waals surface area contributed by atoms with E-state index in [-0.39, 0.29) is 29.4 Å². The van der Waals surface area contributed by atoms with E-state index in [1.165, 1.54) is 6.07 Å². The fourth-order valence-corrected chi connectivity index (χ4v) is 5.14. The summed E-state index contributed by atoms with van der Waals surface area (Å²) in [5, 5.41) is 48.1. The predicted octanol–water partition coefficient (Wildman–Crippen LogP) is -0.727. The third kappa shape index (κ3) is 3.86. The first-order chi connectivity index (χ1) is 16.7. The molecule has 0 radical (unpaired) electrons. The Morgan fingerprint density at radius 1 is 1.11 bits per heavy atom. The number of phenols is 1. The maximum atomic E-state index is 13.1. The summed E-state index contributed by atoms with van der Waals surface area (Å²) < 4.78 is 10.6. The van der Waals surface area contributed by atoms with Crippen molar-refractivity contribution in [2.75, 3.05) is 20.9 Å². The highest BCUT2D eigenvalue weighted by atomic mass is 16.7. The van der Waals surface area contributed by atoms with E-state index in [4.69, 9.17) is 9.47 Å². The van der Waals surface area contributed by atoms with E-state index in [1.807, 2.05) is 31.1 Å². The van der Waals surface area contributed by atoms with Gasteiger partial charge in [0.05, 0.1) is 17.6 Å². The Morgan fingerprint density at radius 3 is 2.51 bits per heavy atom. The molecule has 0 bridgehead atoms. The lowest BCUT2D eigenvalue weighted by molar-refractivity contribution is -0.117. The summed E-state index contributed by atoms with van der Waals surface area (Å²) in [4.78, 5) is 28.0. The molecule has 5 rings (SSSR count). The Bertz CT molecular complexity index is 1170. The normalized spacial score (nSPS) is 28.8. The van der Waals surface area contributed by atoms with E-state index in [2.05, 4.69) is 10.6 Å². The number of hydrogen-bond donors (Lipinski definition) is 6. The molecule has 2 aromatic carbocycles. The summed E-state index contributed by atoms with van der Waals surface area (Å²) in [5.41, 5.74) is 1.51. The Labute approximate surface area is 200 Å². The van der Waals surface area contributed by atoms with E-state index in [0.717, 1.165) is 5.56 Å². The van der Waals surface area contributed by atoms with Gasteiger partial charge in [-0.25, -0.2) is 0 Å². The maximum Gasteiger partial charge on any atom is 0.255 e. The minimum absolute atomic E-state index is 0.0210. The van der Waals surface area contributed by atoms with Crippen LogP contribution < -0.4 is 20.1 Å². The van der Waals surface area contributed by atoms with Gasteiger partial charge in [0, 0.05) is 18.0 Å². The number of ether oxygens (including phenoxy) is 2. The summed E-state index contributed by atoms with van der Waals surface area (Å²) in [6.45, 7) is 0.558. The van der Waals surface area contributed by atoms with E-state index in [0.29, 0.717) is 12.1 Å². The van der Waals surface area contributed by atoms with Crippen LogP contribution in [-0.2, 0) is 6.54 Å². The highest BCUT2D eigenvalue weighted by Gasteiger charge is 2.54. The third-order valence-corrected chi connectivity index (χ3v) is 6.77. The van der Waals surface area contributed by atoms with Crippen molar-refractivity contribution in [2.24, 2.45) is 0 Å². The number of phenolic OH excluding ortho intramolecular Hbond substituents is 1. The van der Waals surface area contributed by atoms with Gasteiger partial charge in [0.25, 0.3) is 11.8 Å². The molecule has 11 heteroatoms. The Balaban J connectivity index is 1.51. The number of aliphatic hydroxyl groups is 3. The number of carbonyl (C=O) groups excluding carboxylic acids is 2. The lowest BCUT2D eigenvalue weighted by atomic mass is 9.68. The zero-order valence-electron chi connectivity index (χ0n) is 19.1. The minimum atomic E-state index is -1.63. The second-order valence-corrected chi connectivity index (χ2v) is 9.35. The zero-order valence-corrected chi connectivity index (χ0v) is 19.1.